The van der Waals surface area contributed by atoms with Crippen LogP contribution in [0.4, 0.5) is 0 Å². The Labute approximate surface area is 94.0 Å². The lowest BCUT2D eigenvalue weighted by Gasteiger charge is -2.09. The smallest absolute Gasteiger partial charge is 0.130 e. The second-order valence-corrected chi connectivity index (χ2v) is 4.88. The molecule has 3 heteroatoms. The van der Waals surface area contributed by atoms with Gasteiger partial charge in [0.1, 0.15) is 11.5 Å². The van der Waals surface area contributed by atoms with Crippen LogP contribution in [0, 0.1) is 0 Å². The monoisotopic (exact) mass is 222 g/mol. The Morgan fingerprint density at radius 3 is 3.07 bits per heavy atom. The molecule has 1 heterocycles. The van der Waals surface area contributed by atoms with Crippen LogP contribution in [0.25, 0.3) is 0 Å². The Morgan fingerprint density at radius 1 is 1.60 bits per heavy atom. The van der Waals surface area contributed by atoms with Gasteiger partial charge in [-0.05, 0) is 30.7 Å². The zero-order chi connectivity index (χ0) is 10.8. The first kappa shape index (κ1) is 10.6. The lowest BCUT2D eigenvalue weighted by atomic mass is 9.96. The zero-order valence-corrected chi connectivity index (χ0v) is 9.76. The molecule has 80 valence electrons. The van der Waals surface area contributed by atoms with Crippen LogP contribution in [-0.4, -0.2) is 18.6 Å². The SMILES string of the molecule is COc1ccc2c(c1)C(CC(C)=O)CS2. The van der Waals surface area contributed by atoms with Crippen molar-refractivity contribution in [3.8, 4) is 5.75 Å². The number of hydrogen-bond donors (Lipinski definition) is 0. The molecule has 0 saturated heterocycles. The van der Waals surface area contributed by atoms with Crippen molar-refractivity contribution in [2.24, 2.45) is 0 Å². The second kappa shape index (κ2) is 4.27. The topological polar surface area (TPSA) is 26.3 Å². The zero-order valence-electron chi connectivity index (χ0n) is 8.95. The van der Waals surface area contributed by atoms with E-state index in [1.54, 1.807) is 14.0 Å². The molecule has 15 heavy (non-hydrogen) atoms. The van der Waals surface area contributed by atoms with Crippen molar-refractivity contribution in [2.45, 2.75) is 24.2 Å². The average molecular weight is 222 g/mol. The summed E-state index contributed by atoms with van der Waals surface area (Å²) < 4.78 is 5.20. The lowest BCUT2D eigenvalue weighted by molar-refractivity contribution is -0.117. The number of carbonyl (C=O) groups is 1. The number of ketones is 1. The molecule has 1 aromatic carbocycles. The standard InChI is InChI=1S/C12H14O2S/c1-8(13)5-9-7-15-12-4-3-10(14-2)6-11(9)12/h3-4,6,9H,5,7H2,1-2H3. The summed E-state index contributed by atoms with van der Waals surface area (Å²) >= 11 is 1.83. The van der Waals surface area contributed by atoms with Gasteiger partial charge in [-0.15, -0.1) is 11.8 Å². The van der Waals surface area contributed by atoms with E-state index in [9.17, 15) is 4.79 Å². The molecule has 0 aliphatic carbocycles. The molecule has 1 unspecified atom stereocenters. The van der Waals surface area contributed by atoms with Crippen molar-refractivity contribution < 1.29 is 9.53 Å². The molecule has 1 aliphatic heterocycles. The Morgan fingerprint density at radius 2 is 2.40 bits per heavy atom. The third kappa shape index (κ3) is 2.17. The fraction of sp³-hybridized carbons (Fsp3) is 0.417. The molecule has 0 N–H and O–H groups in total. The maximum Gasteiger partial charge on any atom is 0.130 e. The second-order valence-electron chi connectivity index (χ2n) is 3.82. The van der Waals surface area contributed by atoms with Gasteiger partial charge in [-0.2, -0.15) is 0 Å². The van der Waals surface area contributed by atoms with Crippen molar-refractivity contribution in [1.82, 2.24) is 0 Å². The molecule has 0 fully saturated rings. The molecule has 0 radical (unpaired) electrons. The van der Waals surface area contributed by atoms with Gasteiger partial charge in [-0.1, -0.05) is 0 Å². The lowest BCUT2D eigenvalue weighted by Crippen LogP contribution is -2.03. The summed E-state index contributed by atoms with van der Waals surface area (Å²) in [4.78, 5) is 12.4. The number of carbonyl (C=O) groups excluding carboxylic acids is 1. The Balaban J connectivity index is 2.27. The number of methoxy groups -OCH3 is 1. The Bertz CT molecular complexity index is 387. The summed E-state index contributed by atoms with van der Waals surface area (Å²) in [5, 5.41) is 0. The molecule has 1 aliphatic rings. The van der Waals surface area contributed by atoms with E-state index in [-0.39, 0.29) is 5.78 Å². The van der Waals surface area contributed by atoms with E-state index in [4.69, 9.17) is 4.74 Å². The first-order chi connectivity index (χ1) is 7.20. The molecule has 2 rings (SSSR count). The molecule has 0 bridgehead atoms. The fourth-order valence-electron chi connectivity index (χ4n) is 1.90. The van der Waals surface area contributed by atoms with Crippen LogP contribution in [0.2, 0.25) is 0 Å². The van der Waals surface area contributed by atoms with Crippen LogP contribution in [0.15, 0.2) is 23.1 Å². The number of rotatable bonds is 3. The van der Waals surface area contributed by atoms with E-state index in [0.29, 0.717) is 12.3 Å². The van der Waals surface area contributed by atoms with Gasteiger partial charge in [0.05, 0.1) is 7.11 Å². The highest BCUT2D eigenvalue weighted by Gasteiger charge is 2.24. The number of Topliss-reactive ketones (excluding diaryl/α,β-unsaturated/α-hetero) is 1. The van der Waals surface area contributed by atoms with Gasteiger partial charge < -0.3 is 9.53 Å². The van der Waals surface area contributed by atoms with E-state index in [0.717, 1.165) is 11.5 Å². The van der Waals surface area contributed by atoms with Gasteiger partial charge in [-0.3, -0.25) is 0 Å². The van der Waals surface area contributed by atoms with Crippen LogP contribution in [0.5, 0.6) is 5.75 Å². The predicted octanol–water partition coefficient (Wildman–Crippen LogP) is 2.86. The van der Waals surface area contributed by atoms with Crippen LogP contribution in [0.3, 0.4) is 0 Å². The average Bonchev–Trinajstić information content (AvgIpc) is 2.60. The van der Waals surface area contributed by atoms with Crippen LogP contribution in [-0.2, 0) is 4.79 Å². The third-order valence-corrected chi connectivity index (χ3v) is 3.88. The van der Waals surface area contributed by atoms with E-state index >= 15 is 0 Å². The highest BCUT2D eigenvalue weighted by Crippen LogP contribution is 2.42. The molecule has 2 nitrogen and oxygen atoms in total. The molecular formula is C12H14O2S. The number of thioether (sulfide) groups is 1. The van der Waals surface area contributed by atoms with E-state index < -0.39 is 0 Å². The largest absolute Gasteiger partial charge is 0.497 e. The molecule has 0 saturated carbocycles. The summed E-state index contributed by atoms with van der Waals surface area (Å²) in [5.41, 5.74) is 1.27. The highest BCUT2D eigenvalue weighted by molar-refractivity contribution is 7.99. The summed E-state index contributed by atoms with van der Waals surface area (Å²) in [6.07, 6.45) is 0.646. The maximum absolute atomic E-state index is 11.1. The third-order valence-electron chi connectivity index (χ3n) is 2.63. The van der Waals surface area contributed by atoms with E-state index in [1.807, 2.05) is 17.8 Å². The van der Waals surface area contributed by atoms with E-state index in [1.165, 1.54) is 10.5 Å². The molecule has 1 atom stereocenters. The minimum Gasteiger partial charge on any atom is -0.497 e. The highest BCUT2D eigenvalue weighted by atomic mass is 32.2. The van der Waals surface area contributed by atoms with Crippen molar-refractivity contribution in [3.05, 3.63) is 23.8 Å². The number of fused-ring (bicyclic) bond motifs is 1. The number of ether oxygens (including phenoxy) is 1. The van der Waals surface area contributed by atoms with Gasteiger partial charge in [0, 0.05) is 23.0 Å². The summed E-state index contributed by atoms with van der Waals surface area (Å²) in [5.74, 6) is 2.53. The van der Waals surface area contributed by atoms with Crippen LogP contribution in [0.1, 0.15) is 24.8 Å². The minimum absolute atomic E-state index is 0.260. The molecular weight excluding hydrogens is 208 g/mol. The van der Waals surface area contributed by atoms with Crippen LogP contribution < -0.4 is 4.74 Å². The Hall–Kier alpha value is -0.960. The molecule has 0 aromatic heterocycles. The first-order valence-electron chi connectivity index (χ1n) is 5.01. The Kier molecular flexibility index (Phi) is 3.00. The van der Waals surface area contributed by atoms with Gasteiger partial charge >= 0.3 is 0 Å². The summed E-state index contributed by atoms with van der Waals surface area (Å²) in [7, 11) is 1.67. The minimum atomic E-state index is 0.260. The van der Waals surface area contributed by atoms with Crippen molar-refractivity contribution in [3.63, 3.8) is 0 Å². The molecule has 0 spiro atoms. The van der Waals surface area contributed by atoms with Gasteiger partial charge in [0.25, 0.3) is 0 Å². The summed E-state index contributed by atoms with van der Waals surface area (Å²) in [6.45, 7) is 1.66. The van der Waals surface area contributed by atoms with Crippen LogP contribution >= 0.6 is 11.8 Å². The van der Waals surface area contributed by atoms with Gasteiger partial charge in [0.15, 0.2) is 0 Å². The normalized spacial score (nSPS) is 18.7. The first-order valence-corrected chi connectivity index (χ1v) is 5.99. The van der Waals surface area contributed by atoms with Crippen molar-refractivity contribution in [1.29, 1.82) is 0 Å². The van der Waals surface area contributed by atoms with Gasteiger partial charge in [-0.25, -0.2) is 0 Å². The maximum atomic E-state index is 11.1. The number of hydrogen-bond acceptors (Lipinski definition) is 3. The summed E-state index contributed by atoms with van der Waals surface area (Å²) in [6, 6.07) is 6.11. The van der Waals surface area contributed by atoms with Gasteiger partial charge in [0.2, 0.25) is 0 Å². The quantitative estimate of drug-likeness (QED) is 0.786. The van der Waals surface area contributed by atoms with Crippen molar-refractivity contribution in [2.75, 3.05) is 12.9 Å². The van der Waals surface area contributed by atoms with E-state index in [2.05, 4.69) is 12.1 Å². The number of benzene rings is 1. The molecule has 1 aromatic rings. The predicted molar refractivity (Wildman–Crippen MR) is 61.8 cm³/mol. The fourth-order valence-corrected chi connectivity index (χ4v) is 3.13. The van der Waals surface area contributed by atoms with Crippen molar-refractivity contribution >= 4 is 17.5 Å². The molecule has 0 amide bonds.